The number of nitrogen functional groups attached to an aromatic ring is 1. The van der Waals surface area contributed by atoms with E-state index in [0.29, 0.717) is 12.2 Å². The van der Waals surface area contributed by atoms with Gasteiger partial charge in [-0.1, -0.05) is 22.0 Å². The van der Waals surface area contributed by atoms with Crippen LogP contribution in [0.15, 0.2) is 39.7 Å². The van der Waals surface area contributed by atoms with E-state index in [0.717, 1.165) is 28.8 Å². The predicted molar refractivity (Wildman–Crippen MR) is 89.7 cm³/mol. The first-order valence-electron chi connectivity index (χ1n) is 6.91. The zero-order chi connectivity index (χ0) is 15.4. The Labute approximate surface area is 132 Å². The fraction of sp³-hybridized carbons (Fsp3) is 0.333. The molecule has 0 bridgehead atoms. The number of nitrogens with two attached hydrogens (primary N) is 1. The van der Waals surface area contributed by atoms with E-state index in [9.17, 15) is 4.79 Å². The molecule has 1 heterocycles. The number of rotatable bonds is 5. The summed E-state index contributed by atoms with van der Waals surface area (Å²) in [4.78, 5) is 14.3. The minimum absolute atomic E-state index is 0.130. The van der Waals surface area contributed by atoms with Gasteiger partial charge in [0.05, 0.1) is 18.4 Å². The molecular weight excluding hydrogens is 332 g/mol. The molecule has 21 heavy (non-hydrogen) atoms. The molecule has 0 aliphatic heterocycles. The highest BCUT2D eigenvalue weighted by Gasteiger charge is 2.09. The smallest absolute Gasteiger partial charge is 0.269 e. The summed E-state index contributed by atoms with van der Waals surface area (Å²) in [5, 5.41) is 4.26. The molecule has 0 fully saturated rings. The Balaban J connectivity index is 2.32. The summed E-state index contributed by atoms with van der Waals surface area (Å²) >= 11 is 3.46. The maximum Gasteiger partial charge on any atom is 0.269 e. The molecule has 2 rings (SSSR count). The van der Waals surface area contributed by atoms with Gasteiger partial charge in [-0.3, -0.25) is 4.79 Å². The summed E-state index contributed by atoms with van der Waals surface area (Å²) < 4.78 is 2.30. The Morgan fingerprint density at radius 2 is 2.05 bits per heavy atom. The molecule has 0 aliphatic carbocycles. The molecule has 1 aromatic heterocycles. The number of benzene rings is 1. The molecule has 6 heteroatoms. The Hall–Kier alpha value is -1.82. The van der Waals surface area contributed by atoms with E-state index in [-0.39, 0.29) is 5.56 Å². The van der Waals surface area contributed by atoms with E-state index in [4.69, 9.17) is 5.73 Å². The third-order valence-electron chi connectivity index (χ3n) is 3.45. The summed E-state index contributed by atoms with van der Waals surface area (Å²) in [6, 6.07) is 7.20. The molecule has 0 saturated carbocycles. The standard InChI is InChI=1S/C15H19BrN4O/c1-3-19(4-2)11-8-15(21)20(18-9-11)10-12-13(16)6-5-7-14(12)17/h5-9H,3-4,10,17H2,1-2H3. The first-order chi connectivity index (χ1) is 10.1. The van der Waals surface area contributed by atoms with Gasteiger partial charge >= 0.3 is 0 Å². The number of hydrogen-bond donors (Lipinski definition) is 1. The number of aromatic nitrogens is 2. The normalized spacial score (nSPS) is 10.6. The van der Waals surface area contributed by atoms with E-state index in [1.54, 1.807) is 12.3 Å². The Bertz CT molecular complexity index is 659. The molecule has 0 saturated heterocycles. The van der Waals surface area contributed by atoms with Gasteiger partial charge in [-0.15, -0.1) is 0 Å². The second-order valence-electron chi connectivity index (χ2n) is 4.69. The van der Waals surface area contributed by atoms with E-state index >= 15 is 0 Å². The van der Waals surface area contributed by atoms with Gasteiger partial charge in [-0.05, 0) is 26.0 Å². The van der Waals surface area contributed by atoms with Crippen LogP contribution in [0.4, 0.5) is 11.4 Å². The minimum atomic E-state index is -0.130. The number of halogens is 1. The van der Waals surface area contributed by atoms with Crippen LogP contribution in [0.25, 0.3) is 0 Å². The van der Waals surface area contributed by atoms with Crippen molar-refractivity contribution in [1.82, 2.24) is 9.78 Å². The molecule has 2 aromatic rings. The fourth-order valence-corrected chi connectivity index (χ4v) is 2.70. The summed E-state index contributed by atoms with van der Waals surface area (Å²) in [5.41, 5.74) is 8.19. The quantitative estimate of drug-likeness (QED) is 0.841. The second-order valence-corrected chi connectivity index (χ2v) is 5.54. The van der Waals surface area contributed by atoms with E-state index in [1.165, 1.54) is 4.68 Å². The van der Waals surface area contributed by atoms with Crippen LogP contribution < -0.4 is 16.2 Å². The van der Waals surface area contributed by atoms with Crippen molar-refractivity contribution in [3.8, 4) is 0 Å². The van der Waals surface area contributed by atoms with Crippen LogP contribution in [0.3, 0.4) is 0 Å². The van der Waals surface area contributed by atoms with Crippen LogP contribution in [0, 0.1) is 0 Å². The maximum atomic E-state index is 12.2. The lowest BCUT2D eigenvalue weighted by Crippen LogP contribution is -2.28. The molecule has 0 radical (unpaired) electrons. The topological polar surface area (TPSA) is 64.2 Å². The number of hydrogen-bond acceptors (Lipinski definition) is 4. The van der Waals surface area contributed by atoms with Crippen molar-refractivity contribution in [3.63, 3.8) is 0 Å². The molecule has 0 aliphatic rings. The highest BCUT2D eigenvalue weighted by Crippen LogP contribution is 2.22. The van der Waals surface area contributed by atoms with Gasteiger partial charge in [0.2, 0.25) is 0 Å². The third kappa shape index (κ3) is 3.44. The van der Waals surface area contributed by atoms with Gasteiger partial charge in [0.25, 0.3) is 5.56 Å². The lowest BCUT2D eigenvalue weighted by molar-refractivity contribution is 0.636. The van der Waals surface area contributed by atoms with Crippen molar-refractivity contribution in [2.75, 3.05) is 23.7 Å². The molecule has 0 amide bonds. The van der Waals surface area contributed by atoms with Gasteiger partial charge in [0.1, 0.15) is 0 Å². The van der Waals surface area contributed by atoms with Crippen LogP contribution in [-0.2, 0) is 6.54 Å². The van der Waals surface area contributed by atoms with Crippen molar-refractivity contribution in [1.29, 1.82) is 0 Å². The molecule has 1 aromatic carbocycles. The van der Waals surface area contributed by atoms with Gasteiger partial charge in [-0.25, -0.2) is 4.68 Å². The van der Waals surface area contributed by atoms with Crippen molar-refractivity contribution in [2.45, 2.75) is 20.4 Å². The number of nitrogens with zero attached hydrogens (tertiary/aromatic N) is 3. The third-order valence-corrected chi connectivity index (χ3v) is 4.19. The molecule has 5 nitrogen and oxygen atoms in total. The average molecular weight is 351 g/mol. The van der Waals surface area contributed by atoms with Crippen molar-refractivity contribution in [2.24, 2.45) is 0 Å². The van der Waals surface area contributed by atoms with Gasteiger partial charge in [0, 0.05) is 34.9 Å². The molecule has 0 unspecified atom stereocenters. The van der Waals surface area contributed by atoms with E-state index in [2.05, 4.69) is 39.8 Å². The predicted octanol–water partition coefficient (Wildman–Crippen LogP) is 2.48. The highest BCUT2D eigenvalue weighted by molar-refractivity contribution is 9.10. The summed E-state index contributed by atoms with van der Waals surface area (Å²) in [6.07, 6.45) is 1.72. The second kappa shape index (κ2) is 6.76. The van der Waals surface area contributed by atoms with Gasteiger partial charge in [-0.2, -0.15) is 5.10 Å². The summed E-state index contributed by atoms with van der Waals surface area (Å²) in [7, 11) is 0. The molecule has 0 spiro atoms. The SMILES string of the molecule is CCN(CC)c1cnn(Cc2c(N)cccc2Br)c(=O)c1. The van der Waals surface area contributed by atoms with Crippen LogP contribution >= 0.6 is 15.9 Å². The van der Waals surface area contributed by atoms with Crippen molar-refractivity contribution < 1.29 is 0 Å². The fourth-order valence-electron chi connectivity index (χ4n) is 2.20. The molecule has 2 N–H and O–H groups in total. The van der Waals surface area contributed by atoms with E-state index in [1.807, 2.05) is 18.2 Å². The summed E-state index contributed by atoms with van der Waals surface area (Å²) in [5.74, 6) is 0. The average Bonchev–Trinajstić information content (AvgIpc) is 2.46. The zero-order valence-corrected chi connectivity index (χ0v) is 13.8. The van der Waals surface area contributed by atoms with Crippen LogP contribution in [0.5, 0.6) is 0 Å². The molecule has 112 valence electrons. The Morgan fingerprint density at radius 3 is 2.62 bits per heavy atom. The van der Waals surface area contributed by atoms with Crippen molar-refractivity contribution >= 4 is 27.3 Å². The first kappa shape index (κ1) is 15.6. The zero-order valence-electron chi connectivity index (χ0n) is 12.2. The highest BCUT2D eigenvalue weighted by atomic mass is 79.9. The van der Waals surface area contributed by atoms with Crippen molar-refractivity contribution in [3.05, 3.63) is 50.9 Å². The minimum Gasteiger partial charge on any atom is -0.398 e. The first-order valence-corrected chi connectivity index (χ1v) is 7.71. The Kier molecular flexibility index (Phi) is 5.01. The summed E-state index contributed by atoms with van der Waals surface area (Å²) in [6.45, 7) is 6.15. The van der Waals surface area contributed by atoms with E-state index < -0.39 is 0 Å². The maximum absolute atomic E-state index is 12.2. The van der Waals surface area contributed by atoms with Gasteiger partial charge in [0.15, 0.2) is 0 Å². The van der Waals surface area contributed by atoms with Crippen LogP contribution in [-0.4, -0.2) is 22.9 Å². The monoisotopic (exact) mass is 350 g/mol. The number of anilines is 2. The van der Waals surface area contributed by atoms with Crippen LogP contribution in [0.1, 0.15) is 19.4 Å². The Morgan fingerprint density at radius 1 is 1.33 bits per heavy atom. The lowest BCUT2D eigenvalue weighted by atomic mass is 10.2. The largest absolute Gasteiger partial charge is 0.398 e. The van der Waals surface area contributed by atoms with Gasteiger partial charge < -0.3 is 10.6 Å². The van der Waals surface area contributed by atoms with Crippen LogP contribution in [0.2, 0.25) is 0 Å². The lowest BCUT2D eigenvalue weighted by Gasteiger charge is -2.20. The molecular formula is C15H19BrN4O. The molecule has 0 atom stereocenters.